The third-order valence-electron chi connectivity index (χ3n) is 2.86. The van der Waals surface area contributed by atoms with Gasteiger partial charge in [-0.2, -0.15) is 13.2 Å². The van der Waals surface area contributed by atoms with Gasteiger partial charge in [0.15, 0.2) is 0 Å². The largest absolute Gasteiger partial charge is 0.416 e. The maximum atomic E-state index is 12.5. The van der Waals surface area contributed by atoms with E-state index in [1.54, 1.807) is 0 Å². The van der Waals surface area contributed by atoms with Crippen molar-refractivity contribution in [1.29, 1.82) is 0 Å². The van der Waals surface area contributed by atoms with Crippen LogP contribution < -0.4 is 4.90 Å². The quantitative estimate of drug-likeness (QED) is 0.711. The summed E-state index contributed by atoms with van der Waals surface area (Å²) in [5, 5.41) is 0. The first-order valence-electron chi connectivity index (χ1n) is 5.26. The molecule has 1 aliphatic heterocycles. The molecule has 0 unspecified atom stereocenters. The summed E-state index contributed by atoms with van der Waals surface area (Å²) in [6.45, 7) is 5.43. The number of alkyl halides is 3. The normalized spacial score (nSPS) is 16.9. The predicted octanol–water partition coefficient (Wildman–Crippen LogP) is 3.49. The molecule has 1 heterocycles. The van der Waals surface area contributed by atoms with Gasteiger partial charge in [-0.05, 0) is 37.5 Å². The summed E-state index contributed by atoms with van der Waals surface area (Å²) in [5.41, 5.74) is 0.684. The Kier molecular flexibility index (Phi) is 2.82. The summed E-state index contributed by atoms with van der Waals surface area (Å²) in [5.74, 6) is 0. The standard InChI is InChI=1S/C12H13F3N/c1-9-4-5-10(12(13,14)15)8-11(9)16-6-2-3-7-16/h4-5,8H,1-3,6-7H2. The SMILES string of the molecule is [CH2]c1ccc(C(F)(F)F)cc1N1CCCC1. The van der Waals surface area contributed by atoms with Crippen LogP contribution in [0.15, 0.2) is 18.2 Å². The maximum absolute atomic E-state index is 12.5. The molecule has 1 fully saturated rings. The van der Waals surface area contributed by atoms with Crippen molar-refractivity contribution in [2.24, 2.45) is 0 Å². The minimum atomic E-state index is -4.28. The van der Waals surface area contributed by atoms with Gasteiger partial charge in [0, 0.05) is 18.8 Å². The number of anilines is 1. The van der Waals surface area contributed by atoms with Crippen molar-refractivity contribution in [2.75, 3.05) is 18.0 Å². The average Bonchev–Trinajstić information content (AvgIpc) is 2.69. The second kappa shape index (κ2) is 4.00. The Labute approximate surface area is 92.9 Å². The van der Waals surface area contributed by atoms with Gasteiger partial charge in [0.1, 0.15) is 0 Å². The van der Waals surface area contributed by atoms with Crippen LogP contribution in [-0.4, -0.2) is 13.1 Å². The van der Waals surface area contributed by atoms with E-state index in [9.17, 15) is 13.2 Å². The van der Waals surface area contributed by atoms with Gasteiger partial charge < -0.3 is 4.90 Å². The molecule has 0 amide bonds. The molecule has 0 aliphatic carbocycles. The van der Waals surface area contributed by atoms with Crippen molar-refractivity contribution in [3.63, 3.8) is 0 Å². The molecule has 0 N–H and O–H groups in total. The molecule has 0 bridgehead atoms. The van der Waals surface area contributed by atoms with Crippen molar-refractivity contribution in [3.05, 3.63) is 36.2 Å². The smallest absolute Gasteiger partial charge is 0.371 e. The van der Waals surface area contributed by atoms with Crippen molar-refractivity contribution in [1.82, 2.24) is 0 Å². The molecule has 0 saturated carbocycles. The van der Waals surface area contributed by atoms with Crippen molar-refractivity contribution >= 4 is 5.69 Å². The molecule has 1 aromatic carbocycles. The molecule has 1 saturated heterocycles. The van der Waals surface area contributed by atoms with Crippen LogP contribution in [0.5, 0.6) is 0 Å². The number of halogens is 3. The number of rotatable bonds is 1. The van der Waals surface area contributed by atoms with Gasteiger partial charge in [-0.25, -0.2) is 0 Å². The fourth-order valence-electron chi connectivity index (χ4n) is 1.99. The molecule has 0 spiro atoms. The molecular formula is C12H13F3N. The van der Waals surface area contributed by atoms with Crippen LogP contribution in [0.25, 0.3) is 0 Å². The van der Waals surface area contributed by atoms with Crippen LogP contribution in [0.2, 0.25) is 0 Å². The summed E-state index contributed by atoms with van der Waals surface area (Å²) in [6.07, 6.45) is -2.20. The summed E-state index contributed by atoms with van der Waals surface area (Å²) in [7, 11) is 0. The molecular weight excluding hydrogens is 215 g/mol. The molecule has 4 heteroatoms. The number of nitrogens with zero attached hydrogens (tertiary/aromatic N) is 1. The van der Waals surface area contributed by atoms with Crippen molar-refractivity contribution < 1.29 is 13.2 Å². The average molecular weight is 228 g/mol. The summed E-state index contributed by atoms with van der Waals surface area (Å²) < 4.78 is 37.6. The fourth-order valence-corrected chi connectivity index (χ4v) is 1.99. The molecule has 0 atom stereocenters. The van der Waals surface area contributed by atoms with Crippen LogP contribution in [0.4, 0.5) is 18.9 Å². The lowest BCUT2D eigenvalue weighted by Gasteiger charge is -2.21. The van der Waals surface area contributed by atoms with Gasteiger partial charge in [0.05, 0.1) is 5.56 Å². The second-order valence-corrected chi connectivity index (χ2v) is 4.04. The Balaban J connectivity index is 2.36. The van der Waals surface area contributed by atoms with Crippen LogP contribution in [0.3, 0.4) is 0 Å². The van der Waals surface area contributed by atoms with Crippen molar-refractivity contribution in [3.8, 4) is 0 Å². The Bertz CT molecular complexity index is 378. The van der Waals surface area contributed by atoms with Gasteiger partial charge in [-0.15, -0.1) is 0 Å². The zero-order valence-electron chi connectivity index (χ0n) is 8.85. The van der Waals surface area contributed by atoms with E-state index < -0.39 is 11.7 Å². The minimum Gasteiger partial charge on any atom is -0.371 e. The minimum absolute atomic E-state index is 0.596. The van der Waals surface area contributed by atoms with E-state index in [2.05, 4.69) is 6.92 Å². The molecule has 0 aromatic heterocycles. The Morgan fingerprint density at radius 3 is 2.31 bits per heavy atom. The number of hydrogen-bond acceptors (Lipinski definition) is 1. The molecule has 1 nitrogen and oxygen atoms in total. The monoisotopic (exact) mass is 228 g/mol. The first kappa shape index (κ1) is 11.3. The first-order valence-corrected chi connectivity index (χ1v) is 5.26. The lowest BCUT2D eigenvalue weighted by molar-refractivity contribution is -0.137. The Hall–Kier alpha value is -1.19. The van der Waals surface area contributed by atoms with E-state index >= 15 is 0 Å². The van der Waals surface area contributed by atoms with Gasteiger partial charge in [0.2, 0.25) is 0 Å². The zero-order chi connectivity index (χ0) is 11.8. The van der Waals surface area contributed by atoms with Crippen LogP contribution in [0, 0.1) is 6.92 Å². The van der Waals surface area contributed by atoms with Gasteiger partial charge in [-0.1, -0.05) is 6.07 Å². The summed E-state index contributed by atoms with van der Waals surface area (Å²) >= 11 is 0. The third-order valence-corrected chi connectivity index (χ3v) is 2.86. The molecule has 2 rings (SSSR count). The number of hydrogen-bond donors (Lipinski definition) is 0. The summed E-state index contributed by atoms with van der Waals surface area (Å²) in [6, 6.07) is 3.73. The zero-order valence-corrected chi connectivity index (χ0v) is 8.85. The molecule has 16 heavy (non-hydrogen) atoms. The van der Waals surface area contributed by atoms with Gasteiger partial charge >= 0.3 is 6.18 Å². The van der Waals surface area contributed by atoms with Crippen LogP contribution >= 0.6 is 0 Å². The third kappa shape index (κ3) is 2.15. The van der Waals surface area contributed by atoms with E-state index in [4.69, 9.17) is 0 Å². The van der Waals surface area contributed by atoms with E-state index in [0.717, 1.165) is 32.0 Å². The van der Waals surface area contributed by atoms with E-state index in [0.29, 0.717) is 11.3 Å². The highest BCUT2D eigenvalue weighted by molar-refractivity contribution is 5.57. The molecule has 1 aromatic rings. The molecule has 1 aliphatic rings. The highest BCUT2D eigenvalue weighted by atomic mass is 19.4. The Morgan fingerprint density at radius 1 is 1.12 bits per heavy atom. The van der Waals surface area contributed by atoms with Gasteiger partial charge in [-0.3, -0.25) is 0 Å². The Morgan fingerprint density at radius 2 is 1.75 bits per heavy atom. The molecule has 87 valence electrons. The lowest BCUT2D eigenvalue weighted by Crippen LogP contribution is -2.19. The van der Waals surface area contributed by atoms with E-state index in [-0.39, 0.29) is 0 Å². The van der Waals surface area contributed by atoms with Crippen molar-refractivity contribution in [2.45, 2.75) is 19.0 Å². The maximum Gasteiger partial charge on any atom is 0.416 e. The van der Waals surface area contributed by atoms with Crippen LogP contribution in [0.1, 0.15) is 24.0 Å². The highest BCUT2D eigenvalue weighted by Gasteiger charge is 2.31. The number of benzene rings is 1. The van der Waals surface area contributed by atoms with E-state index in [1.807, 2.05) is 4.90 Å². The topological polar surface area (TPSA) is 3.24 Å². The molecule has 1 radical (unpaired) electrons. The van der Waals surface area contributed by atoms with Crippen LogP contribution in [-0.2, 0) is 6.18 Å². The van der Waals surface area contributed by atoms with Gasteiger partial charge in [0.25, 0.3) is 0 Å². The summed E-state index contributed by atoms with van der Waals surface area (Å²) in [4.78, 5) is 1.97. The highest BCUT2D eigenvalue weighted by Crippen LogP contribution is 2.34. The lowest BCUT2D eigenvalue weighted by atomic mass is 10.1. The predicted molar refractivity (Wildman–Crippen MR) is 57.4 cm³/mol. The fraction of sp³-hybridized carbons (Fsp3) is 0.417. The first-order chi connectivity index (χ1) is 7.48. The van der Waals surface area contributed by atoms with E-state index in [1.165, 1.54) is 12.1 Å². The second-order valence-electron chi connectivity index (χ2n) is 4.04.